The molecule has 0 bridgehead atoms. The van der Waals surface area contributed by atoms with Gasteiger partial charge in [0.2, 0.25) is 0 Å². The van der Waals surface area contributed by atoms with Crippen LogP contribution < -0.4 is 5.73 Å². The number of anilines is 1. The van der Waals surface area contributed by atoms with Gasteiger partial charge in [-0.05, 0) is 31.2 Å². The average Bonchev–Trinajstić information content (AvgIpc) is 2.67. The molecule has 0 fully saturated rings. The lowest BCUT2D eigenvalue weighted by molar-refractivity contribution is 1.16. The van der Waals surface area contributed by atoms with Crippen molar-refractivity contribution < 1.29 is 0 Å². The maximum atomic E-state index is 6.22. The summed E-state index contributed by atoms with van der Waals surface area (Å²) in [5.41, 5.74) is 9.41. The third-order valence-corrected chi connectivity index (χ3v) is 3.30. The van der Waals surface area contributed by atoms with Crippen molar-refractivity contribution in [1.82, 2.24) is 9.38 Å². The van der Waals surface area contributed by atoms with E-state index in [2.05, 4.69) is 4.98 Å². The summed E-state index contributed by atoms with van der Waals surface area (Å²) in [7, 11) is 0. The van der Waals surface area contributed by atoms with Crippen LogP contribution in [0.1, 0.15) is 5.69 Å². The summed E-state index contributed by atoms with van der Waals surface area (Å²) >= 11 is 6.22. The summed E-state index contributed by atoms with van der Waals surface area (Å²) in [6.45, 7) is 1.97. The molecule has 4 heteroatoms. The highest BCUT2D eigenvalue weighted by Crippen LogP contribution is 2.29. The Morgan fingerprint density at radius 2 is 2.00 bits per heavy atom. The molecule has 0 saturated carbocycles. The molecule has 0 saturated heterocycles. The van der Waals surface area contributed by atoms with E-state index < -0.39 is 0 Å². The van der Waals surface area contributed by atoms with Gasteiger partial charge in [-0.15, -0.1) is 0 Å². The maximum Gasteiger partial charge on any atom is 0.146 e. The standard InChI is InChI=1S/C14H12ClN3/c1-9-13-8-10(16)6-7-18(13)14(17-9)11-4-2-3-5-12(11)15/h2-8H,16H2,1H3. The average molecular weight is 258 g/mol. The normalized spacial score (nSPS) is 11.0. The van der Waals surface area contributed by atoms with Crippen molar-refractivity contribution in [2.45, 2.75) is 6.92 Å². The molecule has 0 aliphatic heterocycles. The fourth-order valence-electron chi connectivity index (χ4n) is 2.08. The molecule has 0 spiro atoms. The number of nitrogen functional groups attached to an aromatic ring is 1. The number of rotatable bonds is 1. The molecule has 90 valence electrons. The van der Waals surface area contributed by atoms with Gasteiger partial charge >= 0.3 is 0 Å². The van der Waals surface area contributed by atoms with Gasteiger partial charge < -0.3 is 5.73 Å². The highest BCUT2D eigenvalue weighted by molar-refractivity contribution is 6.33. The largest absolute Gasteiger partial charge is 0.399 e. The van der Waals surface area contributed by atoms with Gasteiger partial charge in [0.25, 0.3) is 0 Å². The highest BCUT2D eigenvalue weighted by atomic mass is 35.5. The number of halogens is 1. The molecule has 0 radical (unpaired) electrons. The van der Waals surface area contributed by atoms with E-state index in [4.69, 9.17) is 17.3 Å². The van der Waals surface area contributed by atoms with Crippen LogP contribution in [0.4, 0.5) is 5.69 Å². The molecule has 1 aromatic carbocycles. The Bertz CT molecular complexity index is 731. The molecular weight excluding hydrogens is 246 g/mol. The minimum Gasteiger partial charge on any atom is -0.399 e. The van der Waals surface area contributed by atoms with E-state index in [1.54, 1.807) is 0 Å². The number of hydrogen-bond donors (Lipinski definition) is 1. The lowest BCUT2D eigenvalue weighted by Crippen LogP contribution is -1.92. The van der Waals surface area contributed by atoms with E-state index >= 15 is 0 Å². The minimum atomic E-state index is 0.696. The highest BCUT2D eigenvalue weighted by Gasteiger charge is 2.12. The number of hydrogen-bond acceptors (Lipinski definition) is 2. The second-order valence-corrected chi connectivity index (χ2v) is 4.62. The van der Waals surface area contributed by atoms with Gasteiger partial charge in [0.05, 0.1) is 16.2 Å². The Morgan fingerprint density at radius 1 is 1.22 bits per heavy atom. The monoisotopic (exact) mass is 257 g/mol. The molecule has 0 unspecified atom stereocenters. The van der Waals surface area contributed by atoms with Gasteiger partial charge in [0, 0.05) is 17.4 Å². The zero-order valence-corrected chi connectivity index (χ0v) is 10.6. The van der Waals surface area contributed by atoms with Gasteiger partial charge in [0.15, 0.2) is 0 Å². The molecule has 3 nitrogen and oxygen atoms in total. The van der Waals surface area contributed by atoms with E-state index in [1.165, 1.54) is 0 Å². The molecule has 0 amide bonds. The minimum absolute atomic E-state index is 0.696. The summed E-state index contributed by atoms with van der Waals surface area (Å²) in [6.07, 6.45) is 1.92. The smallest absolute Gasteiger partial charge is 0.146 e. The number of fused-ring (bicyclic) bond motifs is 1. The van der Waals surface area contributed by atoms with E-state index in [0.717, 1.165) is 28.3 Å². The van der Waals surface area contributed by atoms with Crippen LogP contribution in [0.25, 0.3) is 16.9 Å². The molecule has 2 heterocycles. The second-order valence-electron chi connectivity index (χ2n) is 4.22. The van der Waals surface area contributed by atoms with Crippen LogP contribution in [-0.2, 0) is 0 Å². The number of pyridine rings is 1. The summed E-state index contributed by atoms with van der Waals surface area (Å²) in [5.74, 6) is 0.841. The summed E-state index contributed by atoms with van der Waals surface area (Å²) in [5, 5.41) is 0.696. The van der Waals surface area contributed by atoms with E-state index in [0.29, 0.717) is 5.02 Å². The Hall–Kier alpha value is -2.00. The van der Waals surface area contributed by atoms with Gasteiger partial charge in [0.1, 0.15) is 5.82 Å². The number of nitrogens with zero attached hydrogens (tertiary/aromatic N) is 2. The van der Waals surface area contributed by atoms with Crippen LogP contribution in [-0.4, -0.2) is 9.38 Å². The van der Waals surface area contributed by atoms with Crippen LogP contribution in [0, 0.1) is 6.92 Å². The topological polar surface area (TPSA) is 43.3 Å². The fraction of sp³-hybridized carbons (Fsp3) is 0.0714. The summed E-state index contributed by atoms with van der Waals surface area (Å²) < 4.78 is 2.01. The molecule has 0 aliphatic rings. The first-order chi connectivity index (χ1) is 8.66. The van der Waals surface area contributed by atoms with Crippen LogP contribution in [0.2, 0.25) is 5.02 Å². The maximum absolute atomic E-state index is 6.22. The zero-order chi connectivity index (χ0) is 12.7. The van der Waals surface area contributed by atoms with Crippen molar-refractivity contribution in [3.63, 3.8) is 0 Å². The van der Waals surface area contributed by atoms with Crippen molar-refractivity contribution in [1.29, 1.82) is 0 Å². The lowest BCUT2D eigenvalue weighted by atomic mass is 10.2. The van der Waals surface area contributed by atoms with E-state index in [9.17, 15) is 0 Å². The van der Waals surface area contributed by atoms with Gasteiger partial charge in [-0.25, -0.2) is 4.98 Å². The zero-order valence-electron chi connectivity index (χ0n) is 9.89. The molecule has 3 aromatic rings. The molecular formula is C14H12ClN3. The third kappa shape index (κ3) is 1.64. The van der Waals surface area contributed by atoms with Crippen LogP contribution >= 0.6 is 11.6 Å². The van der Waals surface area contributed by atoms with Crippen molar-refractivity contribution >= 4 is 22.8 Å². The van der Waals surface area contributed by atoms with Crippen LogP contribution in [0.15, 0.2) is 42.6 Å². The molecule has 2 aromatic heterocycles. The quantitative estimate of drug-likeness (QED) is 0.725. The molecule has 0 aliphatic carbocycles. The lowest BCUT2D eigenvalue weighted by Gasteiger charge is -2.03. The van der Waals surface area contributed by atoms with Crippen LogP contribution in [0.3, 0.4) is 0 Å². The molecule has 2 N–H and O–H groups in total. The van der Waals surface area contributed by atoms with Crippen molar-refractivity contribution in [3.05, 3.63) is 53.3 Å². The first kappa shape index (κ1) is 11.1. The summed E-state index contributed by atoms with van der Waals surface area (Å²) in [4.78, 5) is 4.58. The Labute approximate surface area is 110 Å². The third-order valence-electron chi connectivity index (χ3n) is 2.97. The SMILES string of the molecule is Cc1nc(-c2ccccc2Cl)n2ccc(N)cc12. The first-order valence-electron chi connectivity index (χ1n) is 5.66. The van der Waals surface area contributed by atoms with Gasteiger partial charge in [-0.2, -0.15) is 0 Å². The number of aromatic nitrogens is 2. The van der Waals surface area contributed by atoms with Gasteiger partial charge in [-0.1, -0.05) is 23.7 Å². The van der Waals surface area contributed by atoms with E-state index in [1.807, 2.05) is 53.9 Å². The predicted octanol–water partition coefficient (Wildman–Crippen LogP) is 3.55. The van der Waals surface area contributed by atoms with Crippen molar-refractivity contribution in [3.8, 4) is 11.4 Å². The number of benzene rings is 1. The Morgan fingerprint density at radius 3 is 2.78 bits per heavy atom. The van der Waals surface area contributed by atoms with Crippen molar-refractivity contribution in [2.75, 3.05) is 5.73 Å². The van der Waals surface area contributed by atoms with E-state index in [-0.39, 0.29) is 0 Å². The Kier molecular flexibility index (Phi) is 2.49. The number of nitrogens with two attached hydrogens (primary N) is 1. The molecule has 18 heavy (non-hydrogen) atoms. The van der Waals surface area contributed by atoms with Crippen LogP contribution in [0.5, 0.6) is 0 Å². The summed E-state index contributed by atoms with van der Waals surface area (Å²) in [6, 6.07) is 11.5. The molecule has 0 atom stereocenters. The fourth-order valence-corrected chi connectivity index (χ4v) is 2.30. The number of aryl methyl sites for hydroxylation is 1. The van der Waals surface area contributed by atoms with Crippen molar-refractivity contribution in [2.24, 2.45) is 0 Å². The Balaban J connectivity index is 2.34. The number of imidazole rings is 1. The van der Waals surface area contributed by atoms with Gasteiger partial charge in [-0.3, -0.25) is 4.40 Å². The first-order valence-corrected chi connectivity index (χ1v) is 6.03. The second kappa shape index (κ2) is 4.03. The predicted molar refractivity (Wildman–Crippen MR) is 74.8 cm³/mol. The molecule has 3 rings (SSSR count).